The smallest absolute Gasteiger partial charge is 0.331 e. The van der Waals surface area contributed by atoms with Crippen molar-refractivity contribution in [3.63, 3.8) is 0 Å². The van der Waals surface area contributed by atoms with Crippen molar-refractivity contribution in [3.05, 3.63) is 82.2 Å². The van der Waals surface area contributed by atoms with Gasteiger partial charge in [-0.2, -0.15) is 0 Å². The molecule has 1 atom stereocenters. The third kappa shape index (κ3) is 4.63. The number of non-ortho nitro benzene ring substituents is 1. The number of carbonyl (C=O) groups excluding carboxylic acids is 1. The number of benzene rings is 2. The molecule has 0 aliphatic carbocycles. The fourth-order valence-electron chi connectivity index (χ4n) is 2.27. The van der Waals surface area contributed by atoms with E-state index in [1.54, 1.807) is 13.0 Å². The predicted molar refractivity (Wildman–Crippen MR) is 96.4 cm³/mol. The minimum Gasteiger partial charge on any atom is -0.449 e. The molecule has 0 spiro atoms. The van der Waals surface area contributed by atoms with Crippen molar-refractivity contribution in [2.45, 2.75) is 13.0 Å². The number of nitro groups is 1. The third-order valence-corrected chi connectivity index (χ3v) is 3.59. The van der Waals surface area contributed by atoms with E-state index in [2.05, 4.69) is 10.2 Å². The Balaban J connectivity index is 1.63. The quantitative estimate of drug-likeness (QED) is 0.281. The molecular weight excluding hydrogens is 350 g/mol. The Bertz CT molecular complexity index is 982. The van der Waals surface area contributed by atoms with Crippen LogP contribution in [0.5, 0.6) is 0 Å². The lowest BCUT2D eigenvalue weighted by atomic mass is 10.2. The van der Waals surface area contributed by atoms with Gasteiger partial charge in [0.25, 0.3) is 11.6 Å². The van der Waals surface area contributed by atoms with Gasteiger partial charge in [0, 0.05) is 23.8 Å². The van der Waals surface area contributed by atoms with Crippen molar-refractivity contribution >= 4 is 17.7 Å². The van der Waals surface area contributed by atoms with Crippen LogP contribution in [0.1, 0.15) is 24.5 Å². The molecule has 0 amide bonds. The van der Waals surface area contributed by atoms with Gasteiger partial charge >= 0.3 is 5.97 Å². The summed E-state index contributed by atoms with van der Waals surface area (Å²) in [4.78, 5) is 22.2. The highest BCUT2D eigenvalue weighted by molar-refractivity contribution is 5.87. The van der Waals surface area contributed by atoms with Gasteiger partial charge in [-0.3, -0.25) is 10.1 Å². The molecule has 27 heavy (non-hydrogen) atoms. The highest BCUT2D eigenvalue weighted by atomic mass is 16.6. The number of carbonyl (C=O) groups is 1. The van der Waals surface area contributed by atoms with Crippen molar-refractivity contribution < 1.29 is 18.9 Å². The monoisotopic (exact) mass is 365 g/mol. The topological polar surface area (TPSA) is 108 Å². The summed E-state index contributed by atoms with van der Waals surface area (Å²) < 4.78 is 10.8. The van der Waals surface area contributed by atoms with Crippen LogP contribution in [-0.4, -0.2) is 21.1 Å². The first-order valence-corrected chi connectivity index (χ1v) is 8.05. The van der Waals surface area contributed by atoms with Crippen molar-refractivity contribution in [2.24, 2.45) is 0 Å². The van der Waals surface area contributed by atoms with E-state index in [-0.39, 0.29) is 11.6 Å². The van der Waals surface area contributed by atoms with E-state index < -0.39 is 17.0 Å². The van der Waals surface area contributed by atoms with Gasteiger partial charge in [-0.05, 0) is 30.7 Å². The third-order valence-electron chi connectivity index (χ3n) is 3.59. The maximum Gasteiger partial charge on any atom is 0.331 e. The predicted octanol–water partition coefficient (Wildman–Crippen LogP) is 3.96. The highest BCUT2D eigenvalue weighted by Crippen LogP contribution is 2.22. The molecule has 0 saturated carbocycles. The molecule has 2 aromatic carbocycles. The number of hydrogen-bond acceptors (Lipinski definition) is 7. The maximum atomic E-state index is 12.0. The molecule has 0 unspecified atom stereocenters. The molecule has 0 radical (unpaired) electrons. The lowest BCUT2D eigenvalue weighted by Crippen LogP contribution is -2.06. The second kappa shape index (κ2) is 8.05. The Morgan fingerprint density at radius 2 is 1.96 bits per heavy atom. The van der Waals surface area contributed by atoms with Crippen molar-refractivity contribution in [2.75, 3.05) is 0 Å². The maximum absolute atomic E-state index is 12.0. The van der Waals surface area contributed by atoms with Crippen LogP contribution in [0.25, 0.3) is 17.5 Å². The molecule has 3 rings (SSSR count). The lowest BCUT2D eigenvalue weighted by Gasteiger charge is -2.06. The molecule has 136 valence electrons. The van der Waals surface area contributed by atoms with Gasteiger partial charge in [0.05, 0.1) is 4.92 Å². The number of ether oxygens (including phenoxy) is 1. The molecule has 0 fully saturated rings. The van der Waals surface area contributed by atoms with E-state index in [0.29, 0.717) is 11.5 Å². The van der Waals surface area contributed by atoms with Gasteiger partial charge in [-0.1, -0.05) is 30.3 Å². The van der Waals surface area contributed by atoms with E-state index >= 15 is 0 Å². The van der Waals surface area contributed by atoms with Gasteiger partial charge in [0.1, 0.15) is 0 Å². The first-order chi connectivity index (χ1) is 13.0. The van der Waals surface area contributed by atoms with Gasteiger partial charge in [-0.25, -0.2) is 4.79 Å². The van der Waals surface area contributed by atoms with Crippen LogP contribution in [-0.2, 0) is 9.53 Å². The fourth-order valence-corrected chi connectivity index (χ4v) is 2.27. The Kier molecular flexibility index (Phi) is 5.36. The minimum absolute atomic E-state index is 0.0572. The van der Waals surface area contributed by atoms with Crippen LogP contribution in [0.3, 0.4) is 0 Å². The van der Waals surface area contributed by atoms with E-state index in [4.69, 9.17) is 9.15 Å². The van der Waals surface area contributed by atoms with Crippen molar-refractivity contribution in [1.29, 1.82) is 0 Å². The summed E-state index contributed by atoms with van der Waals surface area (Å²) in [5.41, 5.74) is 1.22. The fraction of sp³-hybridized carbons (Fsp3) is 0.105. The SMILES string of the molecule is C[C@H](OC(=O)/C=C/c1cccc([N+](=O)[O-])c1)c1nnc(-c2ccccc2)o1. The summed E-state index contributed by atoms with van der Waals surface area (Å²) in [5.74, 6) is -0.125. The van der Waals surface area contributed by atoms with Crippen molar-refractivity contribution in [1.82, 2.24) is 10.2 Å². The molecule has 1 heterocycles. The number of nitro benzene ring substituents is 1. The van der Waals surface area contributed by atoms with Gasteiger partial charge < -0.3 is 9.15 Å². The van der Waals surface area contributed by atoms with Crippen LogP contribution in [0.15, 0.2) is 65.1 Å². The van der Waals surface area contributed by atoms with Crippen LogP contribution in [0.2, 0.25) is 0 Å². The molecule has 1 aromatic heterocycles. The second-order valence-corrected chi connectivity index (χ2v) is 5.58. The average Bonchev–Trinajstić information content (AvgIpc) is 3.18. The Labute approximate surface area is 154 Å². The Morgan fingerprint density at radius 1 is 1.19 bits per heavy atom. The average molecular weight is 365 g/mol. The minimum atomic E-state index is -0.739. The summed E-state index contributed by atoms with van der Waals surface area (Å²) in [6, 6.07) is 15.1. The van der Waals surface area contributed by atoms with Gasteiger partial charge in [0.2, 0.25) is 5.89 Å². The summed E-state index contributed by atoms with van der Waals surface area (Å²) >= 11 is 0. The molecule has 8 nitrogen and oxygen atoms in total. The lowest BCUT2D eigenvalue weighted by molar-refractivity contribution is -0.384. The van der Waals surface area contributed by atoms with Crippen LogP contribution in [0, 0.1) is 10.1 Å². The first kappa shape index (κ1) is 18.0. The largest absolute Gasteiger partial charge is 0.449 e. The van der Waals surface area contributed by atoms with E-state index in [9.17, 15) is 14.9 Å². The van der Waals surface area contributed by atoms with E-state index in [1.807, 2.05) is 30.3 Å². The summed E-state index contributed by atoms with van der Waals surface area (Å²) in [5, 5.41) is 18.6. The van der Waals surface area contributed by atoms with E-state index in [0.717, 1.165) is 5.56 Å². The zero-order valence-electron chi connectivity index (χ0n) is 14.3. The number of esters is 1. The number of aromatic nitrogens is 2. The molecule has 0 aliphatic rings. The number of rotatable bonds is 6. The van der Waals surface area contributed by atoms with Crippen molar-refractivity contribution in [3.8, 4) is 11.5 Å². The molecule has 0 N–H and O–H groups in total. The van der Waals surface area contributed by atoms with Crippen LogP contribution < -0.4 is 0 Å². The molecule has 0 aliphatic heterocycles. The number of hydrogen-bond donors (Lipinski definition) is 0. The summed E-state index contributed by atoms with van der Waals surface area (Å²) in [7, 11) is 0. The van der Waals surface area contributed by atoms with Crippen LogP contribution >= 0.6 is 0 Å². The molecule has 0 bridgehead atoms. The normalized spacial score (nSPS) is 12.0. The standard InChI is InChI=1S/C19H15N3O5/c1-13(18-20-21-19(27-18)15-7-3-2-4-8-15)26-17(23)11-10-14-6-5-9-16(12-14)22(24)25/h2-13H,1H3/b11-10+/t13-/m0/s1. The first-order valence-electron chi connectivity index (χ1n) is 8.05. The summed E-state index contributed by atoms with van der Waals surface area (Å²) in [6.07, 6.45) is 1.88. The number of nitrogens with zero attached hydrogens (tertiary/aromatic N) is 3. The molecule has 0 saturated heterocycles. The van der Waals surface area contributed by atoms with E-state index in [1.165, 1.54) is 30.4 Å². The second-order valence-electron chi connectivity index (χ2n) is 5.58. The molecular formula is C19H15N3O5. The zero-order valence-corrected chi connectivity index (χ0v) is 14.3. The van der Waals surface area contributed by atoms with Gasteiger partial charge in [0.15, 0.2) is 6.10 Å². The van der Waals surface area contributed by atoms with Gasteiger partial charge in [-0.15, -0.1) is 10.2 Å². The Hall–Kier alpha value is -3.81. The zero-order chi connectivity index (χ0) is 19.2. The summed E-state index contributed by atoms with van der Waals surface area (Å²) in [6.45, 7) is 1.61. The Morgan fingerprint density at radius 3 is 2.70 bits per heavy atom. The molecule has 8 heteroatoms. The molecule has 3 aromatic rings. The highest BCUT2D eigenvalue weighted by Gasteiger charge is 2.18. The van der Waals surface area contributed by atoms with Crippen LogP contribution in [0.4, 0.5) is 5.69 Å².